The minimum Gasteiger partial charge on any atom is -0.494 e. The van der Waals surface area contributed by atoms with Crippen LogP contribution in [0.5, 0.6) is 5.75 Å². The normalized spacial score (nSPS) is 11.2. The molecular weight excluding hydrogens is 404 g/mol. The van der Waals surface area contributed by atoms with Gasteiger partial charge in [0.2, 0.25) is 5.91 Å². The van der Waals surface area contributed by atoms with Crippen molar-refractivity contribution in [3.05, 3.63) is 83.9 Å². The number of aromatic nitrogens is 1. The lowest BCUT2D eigenvalue weighted by atomic mass is 10.2. The summed E-state index contributed by atoms with van der Waals surface area (Å²) >= 11 is 1.68. The highest BCUT2D eigenvalue weighted by Crippen LogP contribution is 2.31. The quantitative estimate of drug-likeness (QED) is 0.333. The van der Waals surface area contributed by atoms with E-state index in [9.17, 15) is 4.79 Å². The van der Waals surface area contributed by atoms with Gasteiger partial charge in [0.25, 0.3) is 0 Å². The van der Waals surface area contributed by atoms with E-state index in [1.165, 1.54) is 16.3 Å². The van der Waals surface area contributed by atoms with Gasteiger partial charge in [0.15, 0.2) is 0 Å². The summed E-state index contributed by atoms with van der Waals surface area (Å²) in [6.45, 7) is 4.86. The van der Waals surface area contributed by atoms with E-state index in [2.05, 4.69) is 37.4 Å². The van der Waals surface area contributed by atoms with E-state index in [1.807, 2.05) is 48.5 Å². The molecule has 0 atom stereocenters. The average molecular weight is 429 g/mol. The number of ether oxygens (including phenoxy) is 1. The van der Waals surface area contributed by atoms with Crippen molar-refractivity contribution in [2.24, 2.45) is 0 Å². The SMILES string of the molecule is CCCOc1ccc(C=CC(=O)Nc2ccc(-c3nc4ccc(C)cc4s3)cc2)cc1. The molecule has 3 aromatic carbocycles. The van der Waals surface area contributed by atoms with Gasteiger partial charge in [0.05, 0.1) is 16.8 Å². The Labute approximate surface area is 186 Å². The number of benzene rings is 3. The molecule has 1 heterocycles. The lowest BCUT2D eigenvalue weighted by molar-refractivity contribution is -0.111. The summed E-state index contributed by atoms with van der Waals surface area (Å²) in [6, 6.07) is 21.7. The highest BCUT2D eigenvalue weighted by molar-refractivity contribution is 7.21. The van der Waals surface area contributed by atoms with Crippen molar-refractivity contribution in [2.75, 3.05) is 11.9 Å². The van der Waals surface area contributed by atoms with Crippen LogP contribution >= 0.6 is 11.3 Å². The maximum Gasteiger partial charge on any atom is 0.248 e. The predicted molar refractivity (Wildman–Crippen MR) is 130 cm³/mol. The molecule has 0 unspecified atom stereocenters. The van der Waals surface area contributed by atoms with Gasteiger partial charge in [-0.3, -0.25) is 4.79 Å². The largest absolute Gasteiger partial charge is 0.494 e. The number of rotatable bonds is 7. The van der Waals surface area contributed by atoms with E-state index in [1.54, 1.807) is 17.4 Å². The summed E-state index contributed by atoms with van der Waals surface area (Å²) in [6.07, 6.45) is 4.30. The summed E-state index contributed by atoms with van der Waals surface area (Å²) in [5.41, 5.74) is 4.98. The molecule has 156 valence electrons. The third-order valence-corrected chi connectivity index (χ3v) is 5.79. The number of hydrogen-bond donors (Lipinski definition) is 1. The third kappa shape index (κ3) is 5.38. The van der Waals surface area contributed by atoms with Gasteiger partial charge in [0.1, 0.15) is 10.8 Å². The van der Waals surface area contributed by atoms with Gasteiger partial charge in [-0.1, -0.05) is 25.1 Å². The van der Waals surface area contributed by atoms with Crippen LogP contribution in [0.2, 0.25) is 0 Å². The Morgan fingerprint density at radius 2 is 1.84 bits per heavy atom. The van der Waals surface area contributed by atoms with Gasteiger partial charge in [-0.2, -0.15) is 0 Å². The molecule has 4 nitrogen and oxygen atoms in total. The van der Waals surface area contributed by atoms with Crippen LogP contribution < -0.4 is 10.1 Å². The van der Waals surface area contributed by atoms with Crippen molar-refractivity contribution < 1.29 is 9.53 Å². The van der Waals surface area contributed by atoms with Crippen LogP contribution in [0.3, 0.4) is 0 Å². The highest BCUT2D eigenvalue weighted by Gasteiger charge is 2.07. The van der Waals surface area contributed by atoms with Crippen LogP contribution in [-0.4, -0.2) is 17.5 Å². The van der Waals surface area contributed by atoms with Crippen LogP contribution in [0.1, 0.15) is 24.5 Å². The van der Waals surface area contributed by atoms with Crippen molar-refractivity contribution in [1.29, 1.82) is 0 Å². The van der Waals surface area contributed by atoms with Crippen molar-refractivity contribution >= 4 is 39.2 Å². The lowest BCUT2D eigenvalue weighted by Crippen LogP contribution is -2.07. The first-order valence-electron chi connectivity index (χ1n) is 10.3. The fraction of sp³-hybridized carbons (Fsp3) is 0.154. The second-order valence-electron chi connectivity index (χ2n) is 7.31. The molecule has 31 heavy (non-hydrogen) atoms. The fourth-order valence-corrected chi connectivity index (χ4v) is 4.17. The minimum atomic E-state index is -0.172. The topological polar surface area (TPSA) is 51.2 Å². The standard InChI is InChI=1S/C26H24N2O2S/c1-3-16-30-22-12-5-19(6-13-22)7-15-25(29)27-21-10-8-20(9-11-21)26-28-23-14-4-18(2)17-24(23)31-26/h4-15,17H,3,16H2,1-2H3,(H,27,29). The molecule has 0 aliphatic carbocycles. The number of nitrogens with one attached hydrogen (secondary N) is 1. The van der Waals surface area contributed by atoms with Crippen LogP contribution in [0, 0.1) is 6.92 Å². The molecule has 0 saturated heterocycles. The Morgan fingerprint density at radius 1 is 1.06 bits per heavy atom. The molecule has 5 heteroatoms. The molecule has 0 aliphatic heterocycles. The predicted octanol–water partition coefficient (Wildman–Crippen LogP) is 6.71. The van der Waals surface area contributed by atoms with Crippen molar-refractivity contribution in [3.8, 4) is 16.3 Å². The molecule has 1 amide bonds. The molecule has 1 N–H and O–H groups in total. The average Bonchev–Trinajstić information content (AvgIpc) is 3.20. The molecule has 0 radical (unpaired) electrons. The lowest BCUT2D eigenvalue weighted by Gasteiger charge is -2.04. The Morgan fingerprint density at radius 3 is 2.58 bits per heavy atom. The second kappa shape index (κ2) is 9.58. The first-order chi connectivity index (χ1) is 15.1. The van der Waals surface area contributed by atoms with Gasteiger partial charge in [0, 0.05) is 17.3 Å². The molecule has 4 rings (SSSR count). The first-order valence-corrected chi connectivity index (χ1v) is 11.1. The smallest absolute Gasteiger partial charge is 0.248 e. The number of aryl methyl sites for hydroxylation is 1. The summed E-state index contributed by atoms with van der Waals surface area (Å²) in [7, 11) is 0. The Hall–Kier alpha value is -3.44. The van der Waals surface area contributed by atoms with Crippen LogP contribution in [0.15, 0.2) is 72.8 Å². The summed E-state index contributed by atoms with van der Waals surface area (Å²) in [4.78, 5) is 17.0. The number of anilines is 1. The highest BCUT2D eigenvalue weighted by atomic mass is 32.1. The molecule has 4 aromatic rings. The third-order valence-electron chi connectivity index (χ3n) is 4.72. The van der Waals surface area contributed by atoms with Crippen LogP contribution in [-0.2, 0) is 4.79 Å². The van der Waals surface area contributed by atoms with Gasteiger partial charge in [-0.05, 0) is 79.1 Å². The Kier molecular flexibility index (Phi) is 6.43. The number of nitrogens with zero attached hydrogens (tertiary/aromatic N) is 1. The summed E-state index contributed by atoms with van der Waals surface area (Å²) in [5, 5.41) is 3.87. The number of thiazole rings is 1. The number of hydrogen-bond acceptors (Lipinski definition) is 4. The molecule has 1 aromatic heterocycles. The number of fused-ring (bicyclic) bond motifs is 1. The summed E-state index contributed by atoms with van der Waals surface area (Å²) < 4.78 is 6.75. The fourth-order valence-electron chi connectivity index (χ4n) is 3.10. The van der Waals surface area contributed by atoms with Crippen LogP contribution in [0.25, 0.3) is 26.9 Å². The monoisotopic (exact) mass is 428 g/mol. The maximum atomic E-state index is 12.3. The molecule has 0 spiro atoms. The molecule has 0 aliphatic rings. The van der Waals surface area contributed by atoms with E-state index in [0.717, 1.165) is 39.5 Å². The van der Waals surface area contributed by atoms with Crippen LogP contribution in [0.4, 0.5) is 5.69 Å². The number of carbonyl (C=O) groups is 1. The zero-order valence-corrected chi connectivity index (χ0v) is 18.4. The van der Waals surface area contributed by atoms with E-state index >= 15 is 0 Å². The Bertz CT molecular complexity index is 1210. The van der Waals surface area contributed by atoms with Gasteiger partial charge in [-0.15, -0.1) is 11.3 Å². The molecular formula is C26H24N2O2S. The van der Waals surface area contributed by atoms with Crippen molar-refractivity contribution in [2.45, 2.75) is 20.3 Å². The van der Waals surface area contributed by atoms with Crippen molar-refractivity contribution in [3.63, 3.8) is 0 Å². The zero-order valence-electron chi connectivity index (χ0n) is 17.6. The van der Waals surface area contributed by atoms with Gasteiger partial charge >= 0.3 is 0 Å². The summed E-state index contributed by atoms with van der Waals surface area (Å²) in [5.74, 6) is 0.668. The minimum absolute atomic E-state index is 0.172. The van der Waals surface area contributed by atoms with E-state index < -0.39 is 0 Å². The molecule has 0 bridgehead atoms. The maximum absolute atomic E-state index is 12.3. The van der Waals surface area contributed by atoms with E-state index in [4.69, 9.17) is 9.72 Å². The van der Waals surface area contributed by atoms with Gasteiger partial charge in [-0.25, -0.2) is 4.98 Å². The number of amides is 1. The second-order valence-corrected chi connectivity index (χ2v) is 8.34. The number of carbonyl (C=O) groups excluding carboxylic acids is 1. The molecule has 0 saturated carbocycles. The van der Waals surface area contributed by atoms with Gasteiger partial charge < -0.3 is 10.1 Å². The zero-order chi connectivity index (χ0) is 21.6. The Balaban J connectivity index is 1.37. The van der Waals surface area contributed by atoms with E-state index in [-0.39, 0.29) is 5.91 Å². The molecule has 0 fully saturated rings. The van der Waals surface area contributed by atoms with Crippen molar-refractivity contribution in [1.82, 2.24) is 4.98 Å². The first kappa shape index (κ1) is 20.8. The van der Waals surface area contributed by atoms with E-state index in [0.29, 0.717) is 6.61 Å².